The van der Waals surface area contributed by atoms with Crippen LogP contribution in [0.1, 0.15) is 23.1 Å². The van der Waals surface area contributed by atoms with Crippen molar-refractivity contribution >= 4 is 23.2 Å². The van der Waals surface area contributed by atoms with Gasteiger partial charge in [0, 0.05) is 11.5 Å². The molecule has 9 nitrogen and oxygen atoms in total. The number of likely N-dealkylation sites (N-methyl/N-ethyl adjacent to an activating group) is 1. The number of carbonyl (C=O) groups is 3. The molecule has 0 saturated heterocycles. The lowest BCUT2D eigenvalue weighted by Crippen LogP contribution is -2.67. The molecule has 5 N–H and O–H groups in total. The number of aliphatic hydroxyl groups excluding tert-OH is 1. The number of Topliss-reactive ketones (excluding diaryl/α,β-unsaturated/α-hetero) is 2. The third kappa shape index (κ3) is 3.65. The van der Waals surface area contributed by atoms with Crippen molar-refractivity contribution in [1.29, 1.82) is 0 Å². The predicted molar refractivity (Wildman–Crippen MR) is 133 cm³/mol. The number of rotatable bonds is 5. The van der Waals surface area contributed by atoms with Crippen molar-refractivity contribution in [2.24, 2.45) is 17.6 Å². The maximum absolute atomic E-state index is 13.9. The molecule has 1 amide bonds. The molecular weight excluding hydrogens is 476 g/mol. The van der Waals surface area contributed by atoms with Gasteiger partial charge in [0.1, 0.15) is 29.4 Å². The van der Waals surface area contributed by atoms with Gasteiger partial charge in [-0.1, -0.05) is 42.5 Å². The summed E-state index contributed by atoms with van der Waals surface area (Å²) in [6.07, 6.45) is 0.470. The third-order valence-electron chi connectivity index (χ3n) is 7.67. The quantitative estimate of drug-likeness (QED) is 0.354. The van der Waals surface area contributed by atoms with Gasteiger partial charge in [-0.25, -0.2) is 0 Å². The largest absolute Gasteiger partial charge is 0.507 e. The number of benzene rings is 2. The number of amides is 1. The smallest absolute Gasteiger partial charge is 0.255 e. The van der Waals surface area contributed by atoms with Crippen LogP contribution in [0.2, 0.25) is 0 Å². The molecule has 0 radical (unpaired) electrons. The highest BCUT2D eigenvalue weighted by atomic mass is 16.5. The molecule has 2 aromatic rings. The molecule has 37 heavy (non-hydrogen) atoms. The number of phenolic OH excluding ortho intramolecular Hbond substituents is 1. The van der Waals surface area contributed by atoms with Gasteiger partial charge in [0.15, 0.2) is 5.60 Å². The van der Waals surface area contributed by atoms with E-state index in [0.717, 1.165) is 5.56 Å². The zero-order chi connectivity index (χ0) is 26.6. The highest BCUT2D eigenvalue weighted by molar-refractivity contribution is 6.33. The molecule has 1 saturated carbocycles. The van der Waals surface area contributed by atoms with Crippen LogP contribution in [0.15, 0.2) is 65.4 Å². The average Bonchev–Trinajstić information content (AvgIpc) is 2.85. The summed E-state index contributed by atoms with van der Waals surface area (Å²) in [6.45, 7) is 0.0473. The van der Waals surface area contributed by atoms with Crippen molar-refractivity contribution in [3.8, 4) is 5.75 Å². The Hall–Kier alpha value is -3.95. The van der Waals surface area contributed by atoms with Crippen molar-refractivity contribution in [2.45, 2.75) is 31.1 Å². The Morgan fingerprint density at radius 3 is 2.43 bits per heavy atom. The summed E-state index contributed by atoms with van der Waals surface area (Å²) in [6, 6.07) is 13.1. The Morgan fingerprint density at radius 2 is 1.78 bits per heavy atom. The third-order valence-corrected chi connectivity index (χ3v) is 7.67. The molecule has 5 rings (SSSR count). The topological polar surface area (TPSA) is 150 Å². The molecule has 0 heterocycles. The fourth-order valence-corrected chi connectivity index (χ4v) is 6.05. The van der Waals surface area contributed by atoms with E-state index in [1.54, 1.807) is 31.1 Å². The number of hydrogen-bond donors (Lipinski definition) is 4. The molecule has 0 aliphatic heterocycles. The number of hydrogen-bond acceptors (Lipinski definition) is 8. The number of fused-ring (bicyclic) bond motifs is 3. The van der Waals surface area contributed by atoms with Crippen LogP contribution < -0.4 is 5.73 Å². The second-order valence-corrected chi connectivity index (χ2v) is 10.0. The Kier molecular flexibility index (Phi) is 5.92. The Balaban J connectivity index is 1.65. The van der Waals surface area contributed by atoms with E-state index in [-0.39, 0.29) is 35.7 Å². The lowest BCUT2D eigenvalue weighted by molar-refractivity contribution is -0.162. The number of primary amides is 1. The van der Waals surface area contributed by atoms with E-state index in [9.17, 15) is 29.7 Å². The zero-order valence-electron chi connectivity index (χ0n) is 20.5. The van der Waals surface area contributed by atoms with Gasteiger partial charge >= 0.3 is 0 Å². The molecule has 4 atom stereocenters. The molecule has 3 aliphatic carbocycles. The van der Waals surface area contributed by atoms with Crippen LogP contribution in [0.3, 0.4) is 0 Å². The normalized spacial score (nSPS) is 27.1. The van der Waals surface area contributed by atoms with Crippen LogP contribution in [0.5, 0.6) is 5.75 Å². The average molecular weight is 505 g/mol. The summed E-state index contributed by atoms with van der Waals surface area (Å²) >= 11 is 0. The minimum absolute atomic E-state index is 0.0133. The first-order valence-corrected chi connectivity index (χ1v) is 12.0. The van der Waals surface area contributed by atoms with Crippen molar-refractivity contribution in [2.75, 3.05) is 14.1 Å². The highest BCUT2D eigenvalue weighted by Crippen LogP contribution is 2.52. The van der Waals surface area contributed by atoms with Crippen LogP contribution in [-0.2, 0) is 32.1 Å². The van der Waals surface area contributed by atoms with E-state index in [0.29, 0.717) is 12.0 Å². The summed E-state index contributed by atoms with van der Waals surface area (Å²) in [4.78, 5) is 41.9. The van der Waals surface area contributed by atoms with Crippen molar-refractivity contribution in [3.05, 3.63) is 82.1 Å². The number of phenols is 1. The Morgan fingerprint density at radius 1 is 1.08 bits per heavy atom. The molecule has 0 unspecified atom stereocenters. The van der Waals surface area contributed by atoms with Crippen LogP contribution >= 0.6 is 0 Å². The van der Waals surface area contributed by atoms with Crippen LogP contribution in [0, 0.1) is 11.8 Å². The zero-order valence-corrected chi connectivity index (χ0v) is 20.5. The Bertz CT molecular complexity index is 1380. The monoisotopic (exact) mass is 504 g/mol. The van der Waals surface area contributed by atoms with Crippen molar-refractivity contribution in [3.63, 3.8) is 0 Å². The summed E-state index contributed by atoms with van der Waals surface area (Å²) in [7, 11) is 3.40. The van der Waals surface area contributed by atoms with Crippen LogP contribution in [-0.4, -0.2) is 63.4 Å². The molecule has 192 valence electrons. The van der Waals surface area contributed by atoms with Gasteiger partial charge in [0.05, 0.1) is 11.6 Å². The molecule has 3 aliphatic rings. The first-order valence-electron chi connectivity index (χ1n) is 12.0. The predicted octanol–water partition coefficient (Wildman–Crippen LogP) is 1.62. The van der Waals surface area contributed by atoms with Gasteiger partial charge in [-0.15, -0.1) is 0 Å². The molecule has 9 heteroatoms. The molecule has 0 bridgehead atoms. The summed E-state index contributed by atoms with van der Waals surface area (Å²) in [5.74, 6) is -5.41. The van der Waals surface area contributed by atoms with E-state index in [1.807, 2.05) is 30.3 Å². The number of ether oxygens (including phenoxy) is 1. The standard InChI is InChI=1S/C28H28N2O7/c1-30(2)22-17-12-16-11-15-9-6-10-18(31)19(15)23(32)20(16)25(33)28(17,36)26(34)21(27(29)35)24(22)37-13-14-7-4-3-5-8-14/h3-10,16-17,22,31-32,36H,11-13H2,1-2H3,(H2,29,35)/t16-,17-,22-,28-/m1/s1. The summed E-state index contributed by atoms with van der Waals surface area (Å²) < 4.78 is 6.05. The first kappa shape index (κ1) is 24.7. The number of nitrogens with two attached hydrogens (primary N) is 1. The van der Waals surface area contributed by atoms with E-state index in [4.69, 9.17) is 10.5 Å². The van der Waals surface area contributed by atoms with E-state index in [2.05, 4.69) is 0 Å². The molecule has 2 aromatic carbocycles. The van der Waals surface area contributed by atoms with Crippen LogP contribution in [0.25, 0.3) is 5.76 Å². The molecule has 0 spiro atoms. The lowest BCUT2D eigenvalue weighted by Gasteiger charge is -2.50. The number of aliphatic hydroxyl groups is 2. The van der Waals surface area contributed by atoms with Gasteiger partial charge in [-0.05, 0) is 50.0 Å². The van der Waals surface area contributed by atoms with Gasteiger partial charge in [-0.2, -0.15) is 0 Å². The Labute approximate surface area is 213 Å². The van der Waals surface area contributed by atoms with E-state index < -0.39 is 52.3 Å². The molecular formula is C28H28N2O7. The van der Waals surface area contributed by atoms with Crippen LogP contribution in [0.4, 0.5) is 0 Å². The number of nitrogens with zero attached hydrogens (tertiary/aromatic N) is 1. The first-order chi connectivity index (χ1) is 17.6. The minimum atomic E-state index is -2.64. The maximum atomic E-state index is 13.9. The fraction of sp³-hybridized carbons (Fsp3) is 0.321. The van der Waals surface area contributed by atoms with E-state index >= 15 is 0 Å². The summed E-state index contributed by atoms with van der Waals surface area (Å²) in [5.41, 5.74) is 3.83. The number of carbonyl (C=O) groups excluding carboxylic acids is 3. The molecule has 1 fully saturated rings. The maximum Gasteiger partial charge on any atom is 0.255 e. The highest BCUT2D eigenvalue weighted by Gasteiger charge is 2.65. The number of ketones is 2. The van der Waals surface area contributed by atoms with Crippen molar-refractivity contribution < 1.29 is 34.4 Å². The molecule has 0 aromatic heterocycles. The van der Waals surface area contributed by atoms with Gasteiger partial charge in [0.2, 0.25) is 11.6 Å². The SMILES string of the molecule is CN(C)[C@H]1C(OCc2ccccc2)=C(C(N)=O)C(=O)[C@]2(O)C(=O)C3=C(O)c4c(O)cccc4C[C@@H]3C[C@H]12. The second-order valence-electron chi connectivity index (χ2n) is 10.0. The minimum Gasteiger partial charge on any atom is -0.507 e. The second kappa shape index (κ2) is 8.86. The van der Waals surface area contributed by atoms with Gasteiger partial charge < -0.3 is 25.8 Å². The number of aromatic hydroxyl groups is 1. The van der Waals surface area contributed by atoms with E-state index in [1.165, 1.54) is 6.07 Å². The van der Waals surface area contributed by atoms with Gasteiger partial charge in [-0.3, -0.25) is 19.3 Å². The van der Waals surface area contributed by atoms with Crippen molar-refractivity contribution in [1.82, 2.24) is 4.90 Å². The lowest BCUT2D eigenvalue weighted by atomic mass is 9.57. The fourth-order valence-electron chi connectivity index (χ4n) is 6.05. The van der Waals surface area contributed by atoms with Gasteiger partial charge in [0.25, 0.3) is 5.91 Å². The summed E-state index contributed by atoms with van der Waals surface area (Å²) in [5, 5.41) is 33.2.